The smallest absolute Gasteiger partial charge is 0.270 e. The lowest BCUT2D eigenvalue weighted by atomic mass is 9.62. The number of likely N-dealkylation sites (N-methyl/N-ethyl adjacent to an activating group) is 1. The summed E-state index contributed by atoms with van der Waals surface area (Å²) in [6.45, 7) is 7.31. The number of pyridine rings is 1. The zero-order chi connectivity index (χ0) is 26.0. The van der Waals surface area contributed by atoms with Gasteiger partial charge in [-0.15, -0.1) is 0 Å². The summed E-state index contributed by atoms with van der Waals surface area (Å²) in [6.07, 6.45) is 3.36. The van der Waals surface area contributed by atoms with Crippen LogP contribution < -0.4 is 5.32 Å². The average Bonchev–Trinajstić information content (AvgIpc) is 2.85. The van der Waals surface area contributed by atoms with Gasteiger partial charge in [-0.05, 0) is 66.5 Å². The molecular weight excluding hydrogens is 459 g/mol. The second-order valence-electron chi connectivity index (χ2n) is 10.7. The Morgan fingerprint density at radius 1 is 1.14 bits per heavy atom. The van der Waals surface area contributed by atoms with Gasteiger partial charge < -0.3 is 15.1 Å². The number of aromatic nitrogens is 1. The third-order valence-corrected chi connectivity index (χ3v) is 7.84. The zero-order valence-electron chi connectivity index (χ0n) is 21.5. The number of carbonyl (C=O) groups is 3. The fraction of sp³-hybridized carbons (Fsp3) is 0.500. The van der Waals surface area contributed by atoms with Crippen LogP contribution in [0.25, 0.3) is 0 Å². The predicted molar refractivity (Wildman–Crippen MR) is 135 cm³/mol. The highest BCUT2D eigenvalue weighted by atomic mass is 19.1. The van der Waals surface area contributed by atoms with Crippen LogP contribution >= 0.6 is 0 Å². The Labute approximate surface area is 212 Å². The van der Waals surface area contributed by atoms with Crippen molar-refractivity contribution in [3.05, 3.63) is 65.2 Å². The van der Waals surface area contributed by atoms with Gasteiger partial charge in [-0.2, -0.15) is 0 Å². The maximum atomic E-state index is 13.6. The van der Waals surface area contributed by atoms with Gasteiger partial charge in [0.2, 0.25) is 11.8 Å². The normalized spacial score (nSPS) is 20.5. The van der Waals surface area contributed by atoms with E-state index in [2.05, 4.69) is 10.3 Å². The van der Waals surface area contributed by atoms with Crippen molar-refractivity contribution in [3.63, 3.8) is 0 Å². The van der Waals surface area contributed by atoms with E-state index in [1.807, 2.05) is 50.9 Å². The number of amides is 3. The molecule has 1 aromatic carbocycles. The molecule has 1 aromatic heterocycles. The van der Waals surface area contributed by atoms with Crippen molar-refractivity contribution in [1.82, 2.24) is 20.1 Å². The van der Waals surface area contributed by atoms with Crippen LogP contribution in [0.5, 0.6) is 0 Å². The quantitative estimate of drug-likeness (QED) is 0.689. The standard InChI is InChI=1S/C28H35FN4O3/c1-18(2)25(31-26(35)23-15-19(3)9-12-30-23)27(36)33-13-10-28(11-14-33)16-24(34)32(4)17-22(28)20-5-7-21(29)8-6-20/h5-9,12,15,18,22,25H,10-11,13-14,16-17H2,1-4H3,(H,31,35)/t22?,25-/m1/s1. The molecule has 3 amide bonds. The lowest BCUT2D eigenvalue weighted by molar-refractivity contribution is -0.143. The molecule has 0 radical (unpaired) electrons. The fourth-order valence-corrected chi connectivity index (χ4v) is 5.57. The van der Waals surface area contributed by atoms with Crippen LogP contribution in [0.4, 0.5) is 4.39 Å². The summed E-state index contributed by atoms with van der Waals surface area (Å²) < 4.78 is 13.6. The van der Waals surface area contributed by atoms with Crippen molar-refractivity contribution in [2.24, 2.45) is 11.3 Å². The van der Waals surface area contributed by atoms with Gasteiger partial charge in [0.05, 0.1) is 0 Å². The molecule has 0 aliphatic carbocycles. The van der Waals surface area contributed by atoms with Crippen LogP contribution in [0.1, 0.15) is 60.6 Å². The number of benzene rings is 1. The van der Waals surface area contributed by atoms with Gasteiger partial charge in [0.1, 0.15) is 17.6 Å². The summed E-state index contributed by atoms with van der Waals surface area (Å²) in [4.78, 5) is 46.8. The van der Waals surface area contributed by atoms with Crippen LogP contribution in [0.15, 0.2) is 42.6 Å². The highest BCUT2D eigenvalue weighted by molar-refractivity contribution is 5.96. The summed E-state index contributed by atoms with van der Waals surface area (Å²) in [5.74, 6) is -0.678. The molecule has 7 nitrogen and oxygen atoms in total. The third-order valence-electron chi connectivity index (χ3n) is 7.84. The molecule has 4 rings (SSSR count). The van der Waals surface area contributed by atoms with E-state index in [4.69, 9.17) is 0 Å². The largest absolute Gasteiger partial charge is 0.345 e. The second-order valence-corrected chi connectivity index (χ2v) is 10.7. The Balaban J connectivity index is 1.49. The summed E-state index contributed by atoms with van der Waals surface area (Å²) in [7, 11) is 1.81. The van der Waals surface area contributed by atoms with Crippen molar-refractivity contribution < 1.29 is 18.8 Å². The van der Waals surface area contributed by atoms with Crippen molar-refractivity contribution in [2.45, 2.75) is 52.0 Å². The fourth-order valence-electron chi connectivity index (χ4n) is 5.57. The summed E-state index contributed by atoms with van der Waals surface area (Å²) in [5, 5.41) is 2.89. The lowest BCUT2D eigenvalue weighted by Gasteiger charge is -2.51. The lowest BCUT2D eigenvalue weighted by Crippen LogP contribution is -2.57. The maximum Gasteiger partial charge on any atom is 0.270 e. The van der Waals surface area contributed by atoms with Gasteiger partial charge in [-0.3, -0.25) is 19.4 Å². The minimum absolute atomic E-state index is 0.0750. The van der Waals surface area contributed by atoms with E-state index < -0.39 is 6.04 Å². The molecule has 2 saturated heterocycles. The van der Waals surface area contributed by atoms with E-state index in [9.17, 15) is 18.8 Å². The first-order valence-electron chi connectivity index (χ1n) is 12.6. The molecule has 192 valence electrons. The van der Waals surface area contributed by atoms with Gasteiger partial charge in [-0.1, -0.05) is 26.0 Å². The number of halogens is 1. The first kappa shape index (κ1) is 25.8. The summed E-state index contributed by atoms with van der Waals surface area (Å²) in [6, 6.07) is 9.42. The zero-order valence-corrected chi connectivity index (χ0v) is 21.5. The molecule has 1 N–H and O–H groups in total. The van der Waals surface area contributed by atoms with Gasteiger partial charge in [0.15, 0.2) is 0 Å². The summed E-state index contributed by atoms with van der Waals surface area (Å²) in [5.41, 5.74) is 1.96. The van der Waals surface area contributed by atoms with E-state index in [1.54, 1.807) is 17.2 Å². The molecule has 1 unspecified atom stereocenters. The van der Waals surface area contributed by atoms with Crippen molar-refractivity contribution in [1.29, 1.82) is 0 Å². The van der Waals surface area contributed by atoms with Crippen LogP contribution in [0.3, 0.4) is 0 Å². The van der Waals surface area contributed by atoms with E-state index >= 15 is 0 Å². The molecule has 36 heavy (non-hydrogen) atoms. The van der Waals surface area contributed by atoms with Gasteiger partial charge in [0, 0.05) is 45.2 Å². The highest BCUT2D eigenvalue weighted by Crippen LogP contribution is 2.50. The molecule has 2 atom stereocenters. The molecule has 3 heterocycles. The van der Waals surface area contributed by atoms with Crippen molar-refractivity contribution >= 4 is 17.7 Å². The van der Waals surface area contributed by atoms with Gasteiger partial charge in [-0.25, -0.2) is 4.39 Å². The van der Waals surface area contributed by atoms with E-state index in [0.717, 1.165) is 11.1 Å². The maximum absolute atomic E-state index is 13.6. The molecule has 0 saturated carbocycles. The topological polar surface area (TPSA) is 82.6 Å². The van der Waals surface area contributed by atoms with Crippen molar-refractivity contribution in [2.75, 3.05) is 26.7 Å². The Hall–Kier alpha value is -3.29. The first-order chi connectivity index (χ1) is 17.1. The average molecular weight is 495 g/mol. The van der Waals surface area contributed by atoms with Crippen LogP contribution in [0, 0.1) is 24.1 Å². The number of aryl methyl sites for hydroxylation is 1. The molecule has 2 aromatic rings. The van der Waals surface area contributed by atoms with Crippen LogP contribution in [0.2, 0.25) is 0 Å². The molecular formula is C28H35FN4O3. The van der Waals surface area contributed by atoms with E-state index in [0.29, 0.717) is 38.9 Å². The Kier molecular flexibility index (Phi) is 7.43. The second kappa shape index (κ2) is 10.4. The Bertz CT molecular complexity index is 1130. The van der Waals surface area contributed by atoms with Crippen molar-refractivity contribution in [3.8, 4) is 0 Å². The molecule has 0 bridgehead atoms. The third kappa shape index (κ3) is 5.27. The van der Waals surface area contributed by atoms with Crippen LogP contribution in [-0.2, 0) is 9.59 Å². The number of hydrogen-bond acceptors (Lipinski definition) is 4. The number of nitrogens with one attached hydrogen (secondary N) is 1. The van der Waals surface area contributed by atoms with E-state index in [1.165, 1.54) is 12.1 Å². The summed E-state index contributed by atoms with van der Waals surface area (Å²) >= 11 is 0. The van der Waals surface area contributed by atoms with Gasteiger partial charge >= 0.3 is 0 Å². The Morgan fingerprint density at radius 2 is 1.81 bits per heavy atom. The Morgan fingerprint density at radius 3 is 2.42 bits per heavy atom. The van der Waals surface area contributed by atoms with Crippen LogP contribution in [-0.4, -0.2) is 65.2 Å². The molecule has 2 aliphatic rings. The number of piperidine rings is 2. The SMILES string of the molecule is Cc1ccnc(C(=O)N[C@@H](C(=O)N2CCC3(CC2)CC(=O)N(C)CC3c2ccc(F)cc2)C(C)C)c1. The number of likely N-dealkylation sites (tertiary alicyclic amines) is 2. The number of carbonyl (C=O) groups excluding carboxylic acids is 3. The minimum atomic E-state index is -0.666. The molecule has 2 aliphatic heterocycles. The molecule has 1 spiro atoms. The highest BCUT2D eigenvalue weighted by Gasteiger charge is 2.48. The predicted octanol–water partition coefficient (Wildman–Crippen LogP) is 3.54. The molecule has 2 fully saturated rings. The number of hydrogen-bond donors (Lipinski definition) is 1. The molecule has 8 heteroatoms. The minimum Gasteiger partial charge on any atom is -0.345 e. The number of rotatable bonds is 5. The first-order valence-corrected chi connectivity index (χ1v) is 12.6. The van der Waals surface area contributed by atoms with E-state index in [-0.39, 0.29) is 46.5 Å². The number of nitrogens with zero attached hydrogens (tertiary/aromatic N) is 3. The monoisotopic (exact) mass is 494 g/mol. The van der Waals surface area contributed by atoms with Gasteiger partial charge in [0.25, 0.3) is 5.91 Å².